The molecule has 1 N–H and O–H groups in total. The normalized spacial score (nSPS) is 12.2. The SMILES string of the molecule is CCCCc1nn(-c2ccccc2C(F)(F)F)c(=O)n1Cc1ccc(-c2ccccc2S(=O)(=O)NC(=O)c2cccc(C(F)(F)F)c2)cc1. The Morgan fingerprint density at radius 3 is 2.18 bits per heavy atom. The third kappa shape index (κ3) is 7.77. The van der Waals surface area contributed by atoms with E-state index >= 15 is 0 Å². The summed E-state index contributed by atoms with van der Waals surface area (Å²) in [7, 11) is -4.57. The van der Waals surface area contributed by atoms with E-state index < -0.39 is 56.4 Å². The van der Waals surface area contributed by atoms with Gasteiger partial charge >= 0.3 is 18.0 Å². The van der Waals surface area contributed by atoms with E-state index in [9.17, 15) is 44.3 Å². The molecule has 0 aliphatic heterocycles. The second kappa shape index (κ2) is 13.7. The van der Waals surface area contributed by atoms with Gasteiger partial charge in [-0.25, -0.2) is 17.9 Å². The third-order valence-electron chi connectivity index (χ3n) is 7.59. The summed E-state index contributed by atoms with van der Waals surface area (Å²) >= 11 is 0. The zero-order valence-corrected chi connectivity index (χ0v) is 26.5. The molecule has 4 aromatic carbocycles. The van der Waals surface area contributed by atoms with E-state index in [2.05, 4.69) is 5.10 Å². The summed E-state index contributed by atoms with van der Waals surface area (Å²) in [6.07, 6.45) is -7.74. The number of aryl methyl sites for hydroxylation is 1. The minimum atomic E-state index is -4.74. The molecule has 0 bridgehead atoms. The van der Waals surface area contributed by atoms with E-state index in [0.717, 1.165) is 35.4 Å². The van der Waals surface area contributed by atoms with Gasteiger partial charge in [-0.2, -0.15) is 31.0 Å². The van der Waals surface area contributed by atoms with Crippen molar-refractivity contribution in [1.29, 1.82) is 0 Å². The van der Waals surface area contributed by atoms with E-state index in [1.807, 2.05) is 11.6 Å². The first-order valence-corrected chi connectivity index (χ1v) is 16.4. The number of nitrogens with one attached hydrogen (secondary N) is 1. The molecule has 1 heterocycles. The second-order valence-electron chi connectivity index (χ2n) is 11.0. The largest absolute Gasteiger partial charge is 0.418 e. The predicted octanol–water partition coefficient (Wildman–Crippen LogP) is 7.25. The molecule has 15 heteroatoms. The average Bonchev–Trinajstić information content (AvgIpc) is 3.37. The molecule has 0 aliphatic carbocycles. The average molecular weight is 703 g/mol. The van der Waals surface area contributed by atoms with Crippen LogP contribution in [0.2, 0.25) is 0 Å². The predicted molar refractivity (Wildman–Crippen MR) is 169 cm³/mol. The van der Waals surface area contributed by atoms with Gasteiger partial charge in [0.15, 0.2) is 0 Å². The summed E-state index contributed by atoms with van der Waals surface area (Å²) < 4.78 is 111. The van der Waals surface area contributed by atoms with Gasteiger partial charge in [-0.3, -0.25) is 9.36 Å². The number of halogens is 6. The van der Waals surface area contributed by atoms with Gasteiger partial charge in [0, 0.05) is 17.5 Å². The van der Waals surface area contributed by atoms with Crippen LogP contribution in [-0.2, 0) is 35.3 Å². The molecular weight excluding hydrogens is 674 g/mol. The van der Waals surface area contributed by atoms with Crippen molar-refractivity contribution in [3.05, 3.63) is 136 Å². The topological polar surface area (TPSA) is 103 Å². The summed E-state index contributed by atoms with van der Waals surface area (Å²) in [6, 6.07) is 20.1. The summed E-state index contributed by atoms with van der Waals surface area (Å²) in [5.74, 6) is -0.958. The highest BCUT2D eigenvalue weighted by Crippen LogP contribution is 2.34. The highest BCUT2D eigenvalue weighted by Gasteiger charge is 2.35. The van der Waals surface area contributed by atoms with Gasteiger partial charge in [-0.05, 0) is 53.9 Å². The Morgan fingerprint density at radius 2 is 1.51 bits per heavy atom. The molecule has 0 atom stereocenters. The number of carbonyl (C=O) groups excluding carboxylic acids is 1. The molecule has 0 radical (unpaired) electrons. The van der Waals surface area contributed by atoms with Gasteiger partial charge in [0.2, 0.25) is 0 Å². The molecule has 0 spiro atoms. The first kappa shape index (κ1) is 35.1. The number of benzene rings is 4. The van der Waals surface area contributed by atoms with Crippen LogP contribution in [0.1, 0.15) is 52.6 Å². The fraction of sp³-hybridized carbons (Fsp3) is 0.206. The molecule has 0 aliphatic rings. The Balaban J connectivity index is 1.44. The number of aromatic nitrogens is 3. The van der Waals surface area contributed by atoms with E-state index in [-0.39, 0.29) is 17.0 Å². The minimum Gasteiger partial charge on any atom is -0.274 e. The number of sulfonamides is 1. The van der Waals surface area contributed by atoms with Crippen LogP contribution in [0, 0.1) is 0 Å². The lowest BCUT2D eigenvalue weighted by Gasteiger charge is -2.13. The first-order valence-electron chi connectivity index (χ1n) is 14.9. The van der Waals surface area contributed by atoms with Crippen molar-refractivity contribution >= 4 is 15.9 Å². The zero-order valence-electron chi connectivity index (χ0n) is 25.7. The smallest absolute Gasteiger partial charge is 0.274 e. The highest BCUT2D eigenvalue weighted by molar-refractivity contribution is 7.90. The molecule has 5 aromatic rings. The van der Waals surface area contributed by atoms with Crippen LogP contribution in [-0.4, -0.2) is 28.7 Å². The molecule has 0 saturated heterocycles. The van der Waals surface area contributed by atoms with E-state index in [1.165, 1.54) is 41.0 Å². The summed E-state index contributed by atoms with van der Waals surface area (Å²) in [5.41, 5.74) is -2.65. The standard InChI is InChI=1S/C34H28F6N4O4S/c1-2-3-15-30-41-44(28-13-6-5-12-27(28)34(38,39)40)32(46)43(30)21-22-16-18-23(19-17-22)26-11-4-7-14-29(26)49(47,48)42-31(45)24-9-8-10-25(20-24)33(35,36)37/h4-14,16-20H,2-3,15,21H2,1H3,(H,42,45). The van der Waals surface area contributed by atoms with Crippen LogP contribution < -0.4 is 10.4 Å². The monoisotopic (exact) mass is 702 g/mol. The van der Waals surface area contributed by atoms with E-state index in [0.29, 0.717) is 35.9 Å². The number of unbranched alkanes of at least 4 members (excludes halogenated alkanes) is 1. The first-order chi connectivity index (χ1) is 23.1. The Hall–Kier alpha value is -5.18. The van der Waals surface area contributed by atoms with Crippen molar-refractivity contribution in [3.8, 4) is 16.8 Å². The maximum atomic E-state index is 13.8. The Labute approximate surface area is 276 Å². The fourth-order valence-corrected chi connectivity index (χ4v) is 6.36. The lowest BCUT2D eigenvalue weighted by Crippen LogP contribution is -2.31. The lowest BCUT2D eigenvalue weighted by atomic mass is 10.0. The van der Waals surface area contributed by atoms with E-state index in [4.69, 9.17) is 0 Å². The Bertz CT molecular complexity index is 2150. The van der Waals surface area contributed by atoms with Gasteiger partial charge in [-0.1, -0.05) is 74.0 Å². The van der Waals surface area contributed by atoms with Crippen molar-refractivity contribution in [2.45, 2.75) is 50.0 Å². The van der Waals surface area contributed by atoms with Crippen molar-refractivity contribution < 1.29 is 39.6 Å². The zero-order chi connectivity index (χ0) is 35.6. The van der Waals surface area contributed by atoms with Crippen LogP contribution in [0.4, 0.5) is 26.3 Å². The number of carbonyl (C=O) groups is 1. The fourth-order valence-electron chi connectivity index (χ4n) is 5.16. The molecule has 0 fully saturated rings. The van der Waals surface area contributed by atoms with Crippen molar-refractivity contribution in [2.24, 2.45) is 0 Å². The molecule has 1 amide bonds. The minimum absolute atomic E-state index is 0.0423. The van der Waals surface area contributed by atoms with Crippen LogP contribution in [0.3, 0.4) is 0 Å². The van der Waals surface area contributed by atoms with Crippen LogP contribution >= 0.6 is 0 Å². The van der Waals surface area contributed by atoms with Crippen molar-refractivity contribution in [1.82, 2.24) is 19.1 Å². The maximum Gasteiger partial charge on any atom is 0.418 e. The number of nitrogens with zero attached hydrogens (tertiary/aromatic N) is 3. The van der Waals surface area contributed by atoms with Crippen LogP contribution in [0.15, 0.2) is 107 Å². The Kier molecular flexibility index (Phi) is 9.85. The highest BCUT2D eigenvalue weighted by atomic mass is 32.2. The number of rotatable bonds is 10. The molecule has 1 aromatic heterocycles. The van der Waals surface area contributed by atoms with Gasteiger partial charge in [-0.15, -0.1) is 5.10 Å². The third-order valence-corrected chi connectivity index (χ3v) is 8.98. The summed E-state index contributed by atoms with van der Waals surface area (Å²) in [6.45, 7) is 1.88. The van der Waals surface area contributed by atoms with Crippen LogP contribution in [0.25, 0.3) is 16.8 Å². The Morgan fingerprint density at radius 1 is 0.837 bits per heavy atom. The summed E-state index contributed by atoms with van der Waals surface area (Å²) in [5, 5.41) is 4.26. The number of hydrogen-bond donors (Lipinski definition) is 1. The van der Waals surface area contributed by atoms with Crippen LogP contribution in [0.5, 0.6) is 0 Å². The molecular formula is C34H28F6N4O4S. The quantitative estimate of drug-likeness (QED) is 0.155. The maximum absolute atomic E-state index is 13.8. The van der Waals surface area contributed by atoms with Gasteiger partial charge < -0.3 is 0 Å². The lowest BCUT2D eigenvalue weighted by molar-refractivity contribution is -0.138. The van der Waals surface area contributed by atoms with Crippen molar-refractivity contribution in [2.75, 3.05) is 0 Å². The summed E-state index contributed by atoms with van der Waals surface area (Å²) in [4.78, 5) is 25.9. The molecule has 0 unspecified atom stereocenters. The molecule has 0 saturated carbocycles. The van der Waals surface area contributed by atoms with Crippen molar-refractivity contribution in [3.63, 3.8) is 0 Å². The number of alkyl halides is 6. The molecule has 8 nitrogen and oxygen atoms in total. The molecule has 256 valence electrons. The molecule has 49 heavy (non-hydrogen) atoms. The van der Waals surface area contributed by atoms with E-state index in [1.54, 1.807) is 30.3 Å². The number of hydrogen-bond acceptors (Lipinski definition) is 5. The van der Waals surface area contributed by atoms with Gasteiger partial charge in [0.1, 0.15) is 5.82 Å². The molecule has 5 rings (SSSR count). The number of para-hydroxylation sites is 1. The number of amides is 1. The van der Waals surface area contributed by atoms with Gasteiger partial charge in [0.05, 0.1) is 28.3 Å². The van der Waals surface area contributed by atoms with Gasteiger partial charge in [0.25, 0.3) is 15.9 Å². The second-order valence-corrected chi connectivity index (χ2v) is 12.7.